The number of piperidine rings is 1. The first-order valence-electron chi connectivity index (χ1n) is 15.1. The van der Waals surface area contributed by atoms with E-state index in [1.807, 2.05) is 78.5 Å². The van der Waals surface area contributed by atoms with Crippen LogP contribution in [0.2, 0.25) is 10.0 Å². The molecular weight excluding hydrogens is 603 g/mol. The fourth-order valence-corrected chi connectivity index (χ4v) is 6.29. The Kier molecular flexibility index (Phi) is 8.69. The van der Waals surface area contributed by atoms with Crippen molar-refractivity contribution in [2.24, 2.45) is 0 Å². The Labute approximate surface area is 274 Å². The van der Waals surface area contributed by atoms with E-state index in [4.69, 9.17) is 23.2 Å². The van der Waals surface area contributed by atoms with Crippen LogP contribution >= 0.6 is 23.2 Å². The van der Waals surface area contributed by atoms with Gasteiger partial charge in [0.15, 0.2) is 0 Å². The van der Waals surface area contributed by atoms with Crippen LogP contribution in [0.3, 0.4) is 0 Å². The molecular formula is C35H36Cl2N8. The van der Waals surface area contributed by atoms with Crippen molar-refractivity contribution in [2.75, 3.05) is 23.7 Å². The maximum absolute atomic E-state index is 9.96. The van der Waals surface area contributed by atoms with Crippen LogP contribution in [0.25, 0.3) is 10.9 Å². The van der Waals surface area contributed by atoms with Gasteiger partial charge in [-0.3, -0.25) is 9.88 Å². The smallest absolute Gasteiger partial charge is 0.109 e. The van der Waals surface area contributed by atoms with Crippen LogP contribution in [-0.4, -0.2) is 43.5 Å². The number of aryl methyl sites for hydroxylation is 1. The van der Waals surface area contributed by atoms with E-state index in [2.05, 4.69) is 57.7 Å². The van der Waals surface area contributed by atoms with Crippen LogP contribution in [-0.2, 0) is 0 Å². The molecule has 0 radical (unpaired) electrons. The number of aromatic nitrogens is 4. The Morgan fingerprint density at radius 3 is 2.36 bits per heavy atom. The summed E-state index contributed by atoms with van der Waals surface area (Å²) in [5.41, 5.74) is 6.36. The molecule has 45 heavy (non-hydrogen) atoms. The molecule has 2 N–H and O–H groups in total. The number of hydrogen-bond donors (Lipinski definition) is 2. The number of likely N-dealkylation sites (tertiary alicyclic amines) is 1. The zero-order chi connectivity index (χ0) is 31.7. The maximum Gasteiger partial charge on any atom is 0.109 e. The Bertz CT molecular complexity index is 1840. The summed E-state index contributed by atoms with van der Waals surface area (Å²) < 4.78 is 2.01. The molecule has 230 valence electrons. The molecule has 0 saturated carbocycles. The van der Waals surface area contributed by atoms with Gasteiger partial charge in [-0.1, -0.05) is 58.2 Å². The first-order valence-corrected chi connectivity index (χ1v) is 15.9. The Balaban J connectivity index is 1.35. The molecule has 5 aromatic rings. The number of nitrogens with one attached hydrogen (secondary N) is 2. The lowest BCUT2D eigenvalue weighted by Crippen LogP contribution is -2.46. The van der Waals surface area contributed by atoms with Crippen molar-refractivity contribution < 1.29 is 0 Å². The van der Waals surface area contributed by atoms with Gasteiger partial charge in [-0.25, -0.2) is 4.68 Å². The number of anilines is 3. The summed E-state index contributed by atoms with van der Waals surface area (Å²) in [6, 6.07) is 21.8. The molecule has 3 heterocycles. The summed E-state index contributed by atoms with van der Waals surface area (Å²) in [5, 5.41) is 28.1. The minimum absolute atomic E-state index is 0.155. The topological polar surface area (TPSA) is 94.7 Å². The average Bonchev–Trinajstić information content (AvgIpc) is 3.51. The molecule has 1 saturated heterocycles. The molecule has 6 rings (SSSR count). The summed E-state index contributed by atoms with van der Waals surface area (Å²) in [5.74, 6) is 0. The fourth-order valence-electron chi connectivity index (χ4n) is 5.90. The number of hydrogen-bond acceptors (Lipinski definition) is 7. The minimum atomic E-state index is -0.334. The van der Waals surface area contributed by atoms with Crippen LogP contribution in [0.1, 0.15) is 68.1 Å². The van der Waals surface area contributed by atoms with Crippen molar-refractivity contribution in [3.63, 3.8) is 0 Å². The van der Waals surface area contributed by atoms with Crippen molar-refractivity contribution in [3.8, 4) is 6.07 Å². The molecule has 2 aromatic heterocycles. The number of halogens is 2. The van der Waals surface area contributed by atoms with Gasteiger partial charge in [-0.2, -0.15) is 5.26 Å². The first-order chi connectivity index (χ1) is 21.6. The summed E-state index contributed by atoms with van der Waals surface area (Å²) in [7, 11) is 0. The van der Waals surface area contributed by atoms with Crippen molar-refractivity contribution >= 4 is 51.2 Å². The first kappa shape index (κ1) is 30.8. The summed E-state index contributed by atoms with van der Waals surface area (Å²) in [4.78, 5) is 7.05. The third kappa shape index (κ3) is 6.76. The molecule has 1 atom stereocenters. The van der Waals surface area contributed by atoms with E-state index in [-0.39, 0.29) is 17.6 Å². The standard InChI is InChI=1S/C35H36Cl2N8/c1-22-5-11-26(12-6-22)40-32-24(19-38)20-39-34-29(32)17-27(18-30(34)37)41-33(23-7-9-25(36)10-8-23)31-21-45(43-42-31)28-13-15-44(16-14-28)35(2,3)4/h5-12,17-18,20-21,28,33,41H,13-16H2,1-4H3,(H,39,40). The minimum Gasteiger partial charge on any atom is -0.373 e. The summed E-state index contributed by atoms with van der Waals surface area (Å²) in [6.07, 6.45) is 5.64. The highest BCUT2D eigenvalue weighted by Crippen LogP contribution is 2.37. The van der Waals surface area contributed by atoms with E-state index in [0.717, 1.165) is 59.5 Å². The second-order valence-electron chi connectivity index (χ2n) is 12.6. The Morgan fingerprint density at radius 2 is 1.69 bits per heavy atom. The molecule has 1 aliphatic heterocycles. The zero-order valence-electron chi connectivity index (χ0n) is 25.9. The lowest BCUT2D eigenvalue weighted by atomic mass is 9.98. The van der Waals surface area contributed by atoms with E-state index in [1.165, 1.54) is 0 Å². The Morgan fingerprint density at radius 1 is 0.978 bits per heavy atom. The van der Waals surface area contributed by atoms with Gasteiger partial charge in [0.2, 0.25) is 0 Å². The van der Waals surface area contributed by atoms with Crippen LogP contribution in [0.4, 0.5) is 17.1 Å². The van der Waals surface area contributed by atoms with Crippen LogP contribution < -0.4 is 10.6 Å². The lowest BCUT2D eigenvalue weighted by Gasteiger charge is -2.40. The molecule has 0 aliphatic carbocycles. The second kappa shape index (κ2) is 12.7. The van der Waals surface area contributed by atoms with Gasteiger partial charge in [0.1, 0.15) is 11.8 Å². The highest BCUT2D eigenvalue weighted by atomic mass is 35.5. The van der Waals surface area contributed by atoms with Crippen molar-refractivity contribution in [1.82, 2.24) is 24.9 Å². The van der Waals surface area contributed by atoms with Crippen LogP contribution in [0.5, 0.6) is 0 Å². The zero-order valence-corrected chi connectivity index (χ0v) is 27.4. The molecule has 0 spiro atoms. The summed E-state index contributed by atoms with van der Waals surface area (Å²) >= 11 is 13.1. The van der Waals surface area contributed by atoms with E-state index >= 15 is 0 Å². The SMILES string of the molecule is Cc1ccc(Nc2c(C#N)cnc3c(Cl)cc(NC(c4ccc(Cl)cc4)c4cn(C5CCN(C(C)(C)C)CC5)nn4)cc23)cc1. The van der Waals surface area contributed by atoms with E-state index < -0.39 is 0 Å². The molecule has 1 fully saturated rings. The molecule has 1 aliphatic rings. The number of nitriles is 1. The van der Waals surface area contributed by atoms with Crippen LogP contribution in [0, 0.1) is 18.3 Å². The van der Waals surface area contributed by atoms with Crippen molar-refractivity contribution in [1.29, 1.82) is 5.26 Å². The molecule has 1 unspecified atom stereocenters. The number of fused-ring (bicyclic) bond motifs is 1. The van der Waals surface area contributed by atoms with Gasteiger partial charge in [-0.05, 0) is 82.5 Å². The quantitative estimate of drug-likeness (QED) is 0.184. The monoisotopic (exact) mass is 638 g/mol. The maximum atomic E-state index is 9.96. The van der Waals surface area contributed by atoms with E-state index in [9.17, 15) is 5.26 Å². The molecule has 3 aromatic carbocycles. The van der Waals surface area contributed by atoms with Gasteiger partial charge in [0.25, 0.3) is 0 Å². The predicted octanol–water partition coefficient (Wildman–Crippen LogP) is 8.69. The van der Waals surface area contributed by atoms with Gasteiger partial charge in [-0.15, -0.1) is 5.10 Å². The second-order valence-corrected chi connectivity index (χ2v) is 13.5. The van der Waals surface area contributed by atoms with Gasteiger partial charge >= 0.3 is 0 Å². The third-order valence-electron chi connectivity index (χ3n) is 8.49. The summed E-state index contributed by atoms with van der Waals surface area (Å²) in [6.45, 7) is 10.9. The van der Waals surface area contributed by atoms with Crippen LogP contribution in [0.15, 0.2) is 73.1 Å². The van der Waals surface area contributed by atoms with Gasteiger partial charge in [0.05, 0.1) is 40.1 Å². The van der Waals surface area contributed by atoms with Gasteiger partial charge in [0, 0.05) is 46.6 Å². The number of nitrogens with zero attached hydrogens (tertiary/aromatic N) is 6. The number of rotatable bonds is 7. The predicted molar refractivity (Wildman–Crippen MR) is 182 cm³/mol. The molecule has 0 bridgehead atoms. The molecule has 10 heteroatoms. The molecule has 8 nitrogen and oxygen atoms in total. The third-order valence-corrected chi connectivity index (χ3v) is 9.03. The highest BCUT2D eigenvalue weighted by Gasteiger charge is 2.29. The number of benzene rings is 3. The fraction of sp³-hybridized carbons (Fsp3) is 0.314. The van der Waals surface area contributed by atoms with Gasteiger partial charge < -0.3 is 10.6 Å². The average molecular weight is 640 g/mol. The lowest BCUT2D eigenvalue weighted by molar-refractivity contribution is 0.0866. The highest BCUT2D eigenvalue weighted by molar-refractivity contribution is 6.36. The largest absolute Gasteiger partial charge is 0.373 e. The Hall–Kier alpha value is -4.16. The molecule has 0 amide bonds. The number of pyridine rings is 1. The van der Waals surface area contributed by atoms with Crippen molar-refractivity contribution in [2.45, 2.75) is 58.2 Å². The normalized spacial score (nSPS) is 15.1. The van der Waals surface area contributed by atoms with Crippen molar-refractivity contribution in [3.05, 3.63) is 105 Å². The van der Waals surface area contributed by atoms with E-state index in [0.29, 0.717) is 26.8 Å². The van der Waals surface area contributed by atoms with E-state index in [1.54, 1.807) is 6.20 Å².